The highest BCUT2D eigenvalue weighted by Gasteiger charge is 2.19. The molecule has 0 saturated carbocycles. The van der Waals surface area contributed by atoms with Crippen LogP contribution in [0.2, 0.25) is 0 Å². The van der Waals surface area contributed by atoms with Gasteiger partial charge >= 0.3 is 0 Å². The van der Waals surface area contributed by atoms with Gasteiger partial charge < -0.3 is 5.32 Å². The summed E-state index contributed by atoms with van der Waals surface area (Å²) in [4.78, 5) is 31.1. The molecule has 3 rings (SSSR count). The second-order valence-electron chi connectivity index (χ2n) is 6.27. The highest BCUT2D eigenvalue weighted by Crippen LogP contribution is 2.17. The maximum absolute atomic E-state index is 12.2. The molecular weight excluding hydrogens is 334 g/mol. The topological polar surface area (TPSA) is 91.6 Å². The van der Waals surface area contributed by atoms with Crippen molar-refractivity contribution in [3.05, 3.63) is 64.5 Å². The Kier molecular flexibility index (Phi) is 5.88. The third-order valence-corrected chi connectivity index (χ3v) is 4.30. The van der Waals surface area contributed by atoms with Gasteiger partial charge in [0, 0.05) is 62.9 Å². The van der Waals surface area contributed by atoms with Gasteiger partial charge in [-0.3, -0.25) is 29.7 Å². The van der Waals surface area contributed by atoms with Crippen LogP contribution in [0.5, 0.6) is 0 Å². The first-order valence-electron chi connectivity index (χ1n) is 8.48. The van der Waals surface area contributed by atoms with E-state index in [1.807, 2.05) is 12.3 Å². The van der Waals surface area contributed by atoms with Crippen molar-refractivity contribution in [1.82, 2.24) is 14.8 Å². The molecule has 1 aromatic heterocycles. The molecule has 0 aliphatic carbocycles. The Hall–Kier alpha value is -2.84. The predicted molar refractivity (Wildman–Crippen MR) is 97.7 cm³/mol. The van der Waals surface area contributed by atoms with Crippen molar-refractivity contribution >= 4 is 17.3 Å². The van der Waals surface area contributed by atoms with Gasteiger partial charge in [-0.2, -0.15) is 0 Å². The van der Waals surface area contributed by atoms with Gasteiger partial charge in [0.25, 0.3) is 5.69 Å². The van der Waals surface area contributed by atoms with Crippen LogP contribution in [0.1, 0.15) is 5.56 Å². The number of carbonyl (C=O) groups excluding carboxylic acids is 1. The highest BCUT2D eigenvalue weighted by molar-refractivity contribution is 5.92. The van der Waals surface area contributed by atoms with E-state index in [1.165, 1.54) is 17.7 Å². The van der Waals surface area contributed by atoms with E-state index < -0.39 is 4.92 Å². The molecule has 26 heavy (non-hydrogen) atoms. The Morgan fingerprint density at radius 1 is 1.15 bits per heavy atom. The number of hydrogen-bond donors (Lipinski definition) is 1. The number of nitro groups is 1. The molecule has 1 aliphatic rings. The van der Waals surface area contributed by atoms with Crippen molar-refractivity contribution in [3.63, 3.8) is 0 Å². The molecule has 0 spiro atoms. The van der Waals surface area contributed by atoms with Crippen molar-refractivity contribution in [1.29, 1.82) is 0 Å². The first-order chi connectivity index (χ1) is 12.6. The largest absolute Gasteiger partial charge is 0.325 e. The van der Waals surface area contributed by atoms with Crippen LogP contribution in [0.25, 0.3) is 0 Å². The van der Waals surface area contributed by atoms with Gasteiger partial charge in [0.2, 0.25) is 5.91 Å². The molecule has 8 heteroatoms. The minimum absolute atomic E-state index is 0.0354. The van der Waals surface area contributed by atoms with Crippen LogP contribution in [-0.2, 0) is 11.3 Å². The number of piperazine rings is 1. The Bertz CT molecular complexity index is 760. The van der Waals surface area contributed by atoms with Crippen molar-refractivity contribution in [2.75, 3.05) is 38.0 Å². The Labute approximate surface area is 151 Å². The second kappa shape index (κ2) is 8.50. The third kappa shape index (κ3) is 5.08. The van der Waals surface area contributed by atoms with Crippen molar-refractivity contribution in [2.45, 2.75) is 6.54 Å². The molecule has 1 fully saturated rings. The minimum atomic E-state index is -0.475. The van der Waals surface area contributed by atoms with Gasteiger partial charge in [0.05, 0.1) is 11.5 Å². The fourth-order valence-corrected chi connectivity index (χ4v) is 2.96. The van der Waals surface area contributed by atoms with Crippen LogP contribution in [0.15, 0.2) is 48.8 Å². The van der Waals surface area contributed by atoms with Crippen LogP contribution < -0.4 is 5.32 Å². The van der Waals surface area contributed by atoms with Gasteiger partial charge in [-0.25, -0.2) is 0 Å². The van der Waals surface area contributed by atoms with E-state index in [4.69, 9.17) is 0 Å². The molecule has 1 aromatic carbocycles. The molecule has 0 atom stereocenters. The summed E-state index contributed by atoms with van der Waals surface area (Å²) >= 11 is 0. The molecule has 2 heterocycles. The highest BCUT2D eigenvalue weighted by atomic mass is 16.6. The van der Waals surface area contributed by atoms with E-state index in [9.17, 15) is 14.9 Å². The zero-order chi connectivity index (χ0) is 18.4. The van der Waals surface area contributed by atoms with E-state index in [-0.39, 0.29) is 18.1 Å². The van der Waals surface area contributed by atoms with Crippen LogP contribution in [0.3, 0.4) is 0 Å². The lowest BCUT2D eigenvalue weighted by molar-refractivity contribution is -0.384. The number of carbonyl (C=O) groups is 1. The molecule has 1 saturated heterocycles. The van der Waals surface area contributed by atoms with Crippen molar-refractivity contribution in [3.8, 4) is 0 Å². The number of hydrogen-bond acceptors (Lipinski definition) is 6. The number of non-ortho nitro benzene ring substituents is 1. The summed E-state index contributed by atoms with van der Waals surface area (Å²) in [5, 5.41) is 13.5. The number of anilines is 1. The van der Waals surface area contributed by atoms with Gasteiger partial charge in [-0.1, -0.05) is 12.1 Å². The summed E-state index contributed by atoms with van der Waals surface area (Å²) in [6.07, 6.45) is 3.64. The van der Waals surface area contributed by atoms with Crippen molar-refractivity contribution in [2.24, 2.45) is 0 Å². The van der Waals surface area contributed by atoms with Crippen LogP contribution >= 0.6 is 0 Å². The lowest BCUT2D eigenvalue weighted by Gasteiger charge is -2.34. The first-order valence-corrected chi connectivity index (χ1v) is 8.48. The van der Waals surface area contributed by atoms with E-state index in [0.717, 1.165) is 32.7 Å². The van der Waals surface area contributed by atoms with E-state index in [0.29, 0.717) is 5.69 Å². The second-order valence-corrected chi connectivity index (χ2v) is 6.27. The van der Waals surface area contributed by atoms with Gasteiger partial charge in [-0.15, -0.1) is 0 Å². The molecule has 0 bridgehead atoms. The molecule has 0 unspecified atom stereocenters. The lowest BCUT2D eigenvalue weighted by Crippen LogP contribution is -2.48. The minimum Gasteiger partial charge on any atom is -0.325 e. The normalized spacial score (nSPS) is 15.5. The molecule has 136 valence electrons. The Morgan fingerprint density at radius 3 is 2.62 bits per heavy atom. The molecule has 8 nitrogen and oxygen atoms in total. The average molecular weight is 355 g/mol. The van der Waals surface area contributed by atoms with Crippen LogP contribution in [0, 0.1) is 10.1 Å². The zero-order valence-electron chi connectivity index (χ0n) is 14.4. The number of nitro benzene ring substituents is 1. The number of pyridine rings is 1. The summed E-state index contributed by atoms with van der Waals surface area (Å²) in [6, 6.07) is 9.97. The van der Waals surface area contributed by atoms with E-state index in [1.54, 1.807) is 18.3 Å². The molecular formula is C18H21N5O3. The summed E-state index contributed by atoms with van der Waals surface area (Å²) in [5.74, 6) is -0.161. The van der Waals surface area contributed by atoms with E-state index in [2.05, 4.69) is 26.2 Å². The number of rotatable bonds is 6. The number of aromatic nitrogens is 1. The quantitative estimate of drug-likeness (QED) is 0.627. The predicted octanol–water partition coefficient (Wildman–Crippen LogP) is 1.75. The monoisotopic (exact) mass is 355 g/mol. The van der Waals surface area contributed by atoms with Crippen molar-refractivity contribution < 1.29 is 9.72 Å². The molecule has 1 N–H and O–H groups in total. The lowest BCUT2D eigenvalue weighted by atomic mass is 10.2. The SMILES string of the molecule is O=C(CN1CCN(Cc2cccnc2)CC1)Nc1cccc([N+](=O)[O-])c1. The number of nitrogens with zero attached hydrogens (tertiary/aromatic N) is 4. The molecule has 1 aliphatic heterocycles. The fourth-order valence-electron chi connectivity index (χ4n) is 2.96. The van der Waals surface area contributed by atoms with Gasteiger partial charge in [-0.05, 0) is 17.7 Å². The Morgan fingerprint density at radius 2 is 1.92 bits per heavy atom. The number of benzene rings is 1. The fraction of sp³-hybridized carbons (Fsp3) is 0.333. The average Bonchev–Trinajstić information content (AvgIpc) is 2.64. The Balaban J connectivity index is 1.45. The standard InChI is InChI=1S/C18H21N5O3/c24-18(20-16-4-1-5-17(11-16)23(25)26)14-22-9-7-21(8-10-22)13-15-3-2-6-19-12-15/h1-6,11-12H,7-10,13-14H2,(H,20,24). The maximum atomic E-state index is 12.2. The third-order valence-electron chi connectivity index (χ3n) is 4.30. The zero-order valence-corrected chi connectivity index (χ0v) is 14.4. The smallest absolute Gasteiger partial charge is 0.271 e. The molecule has 0 radical (unpaired) electrons. The van der Waals surface area contributed by atoms with Gasteiger partial charge in [0.15, 0.2) is 0 Å². The first kappa shape index (κ1) is 18.0. The summed E-state index contributed by atoms with van der Waals surface area (Å²) in [6.45, 7) is 4.54. The number of amides is 1. The summed E-state index contributed by atoms with van der Waals surface area (Å²) in [5.41, 5.74) is 1.59. The van der Waals surface area contributed by atoms with E-state index >= 15 is 0 Å². The number of nitrogens with one attached hydrogen (secondary N) is 1. The van der Waals surface area contributed by atoms with Crippen LogP contribution in [-0.4, -0.2) is 58.3 Å². The summed E-state index contributed by atoms with van der Waals surface area (Å²) < 4.78 is 0. The molecule has 1 amide bonds. The summed E-state index contributed by atoms with van der Waals surface area (Å²) in [7, 11) is 0. The maximum Gasteiger partial charge on any atom is 0.271 e. The van der Waals surface area contributed by atoms with Gasteiger partial charge in [0.1, 0.15) is 0 Å². The molecule has 2 aromatic rings. The van der Waals surface area contributed by atoms with Crippen LogP contribution in [0.4, 0.5) is 11.4 Å².